The Bertz CT molecular complexity index is 457. The van der Waals surface area contributed by atoms with Crippen LogP contribution in [0, 0.1) is 0 Å². The van der Waals surface area contributed by atoms with Crippen LogP contribution in [0.1, 0.15) is 5.56 Å². The van der Waals surface area contributed by atoms with Crippen LogP contribution in [0.25, 0.3) is 0 Å². The molecule has 0 radical (unpaired) electrons. The fraction of sp³-hybridized carbons (Fsp3) is 0.154. The molecule has 0 amide bonds. The molecule has 88 valence electrons. The Morgan fingerprint density at radius 1 is 1.24 bits per heavy atom. The summed E-state index contributed by atoms with van der Waals surface area (Å²) in [6, 6.07) is 11.3. The highest BCUT2D eigenvalue weighted by atomic mass is 32.2. The van der Waals surface area contributed by atoms with Crippen molar-refractivity contribution in [2.45, 2.75) is 11.5 Å². The topological polar surface area (TPSA) is 42.4 Å². The average Bonchev–Trinajstić information content (AvgIpc) is 2.40. The lowest BCUT2D eigenvalue weighted by molar-refractivity contribution is 0.274. The minimum Gasteiger partial charge on any atom is -0.437 e. The van der Waals surface area contributed by atoms with Crippen LogP contribution in [0.5, 0.6) is 11.6 Å². The van der Waals surface area contributed by atoms with Crippen molar-refractivity contribution in [2.24, 2.45) is 0 Å². The zero-order valence-electron chi connectivity index (χ0n) is 9.46. The van der Waals surface area contributed by atoms with Gasteiger partial charge in [0.25, 0.3) is 0 Å². The molecule has 0 saturated heterocycles. The number of aliphatic hydroxyl groups excluding tert-OH is 1. The van der Waals surface area contributed by atoms with Gasteiger partial charge >= 0.3 is 0 Å². The smallest absolute Gasteiger partial charge is 0.224 e. The summed E-state index contributed by atoms with van der Waals surface area (Å²) < 4.78 is 5.73. The van der Waals surface area contributed by atoms with Crippen LogP contribution in [0.2, 0.25) is 0 Å². The zero-order valence-corrected chi connectivity index (χ0v) is 10.3. The van der Waals surface area contributed by atoms with E-state index in [2.05, 4.69) is 4.98 Å². The number of ether oxygens (including phenoxy) is 1. The molecule has 0 atom stereocenters. The fourth-order valence-corrected chi connectivity index (χ4v) is 1.97. The van der Waals surface area contributed by atoms with E-state index in [-0.39, 0.29) is 6.61 Å². The van der Waals surface area contributed by atoms with Crippen molar-refractivity contribution in [3.8, 4) is 11.6 Å². The zero-order chi connectivity index (χ0) is 12.1. The Hall–Kier alpha value is -1.52. The van der Waals surface area contributed by atoms with Gasteiger partial charge < -0.3 is 9.84 Å². The molecule has 2 aromatic rings. The van der Waals surface area contributed by atoms with E-state index < -0.39 is 0 Å². The highest BCUT2D eigenvalue weighted by Crippen LogP contribution is 2.31. The van der Waals surface area contributed by atoms with Crippen LogP contribution >= 0.6 is 11.8 Å². The standard InChI is InChI=1S/C13H13NO2S/c1-17-12-7-3-2-6-11(12)16-13-10(9-15)5-4-8-14-13/h2-8,15H,9H2,1H3. The van der Waals surface area contributed by atoms with Gasteiger partial charge in [0.2, 0.25) is 5.88 Å². The maximum absolute atomic E-state index is 9.20. The van der Waals surface area contributed by atoms with E-state index in [4.69, 9.17) is 4.74 Å². The molecule has 17 heavy (non-hydrogen) atoms. The number of aromatic nitrogens is 1. The van der Waals surface area contributed by atoms with E-state index in [1.165, 1.54) is 0 Å². The second kappa shape index (κ2) is 5.70. The van der Waals surface area contributed by atoms with Crippen LogP contribution in [0.3, 0.4) is 0 Å². The van der Waals surface area contributed by atoms with Crippen LogP contribution in [0.15, 0.2) is 47.5 Å². The normalized spacial score (nSPS) is 10.2. The van der Waals surface area contributed by atoms with Crippen molar-refractivity contribution in [3.05, 3.63) is 48.2 Å². The first-order chi connectivity index (χ1) is 8.35. The lowest BCUT2D eigenvalue weighted by Gasteiger charge is -2.10. The van der Waals surface area contributed by atoms with Gasteiger partial charge in [-0.3, -0.25) is 0 Å². The summed E-state index contributed by atoms with van der Waals surface area (Å²) in [6.07, 6.45) is 3.64. The molecule has 0 fully saturated rings. The van der Waals surface area contributed by atoms with Crippen LogP contribution in [0.4, 0.5) is 0 Å². The maximum Gasteiger partial charge on any atom is 0.224 e. The molecule has 0 spiro atoms. The predicted molar refractivity (Wildman–Crippen MR) is 68.5 cm³/mol. The third-order valence-corrected chi connectivity index (χ3v) is 3.07. The lowest BCUT2D eigenvalue weighted by atomic mass is 10.3. The predicted octanol–water partition coefficient (Wildman–Crippen LogP) is 3.09. The number of pyridine rings is 1. The largest absolute Gasteiger partial charge is 0.437 e. The third kappa shape index (κ3) is 2.78. The first-order valence-electron chi connectivity index (χ1n) is 5.20. The summed E-state index contributed by atoms with van der Waals surface area (Å²) in [6.45, 7) is -0.0788. The monoisotopic (exact) mass is 247 g/mol. The molecule has 2 rings (SSSR count). The second-order valence-corrected chi connectivity index (χ2v) is 4.23. The molecule has 3 nitrogen and oxygen atoms in total. The van der Waals surface area contributed by atoms with Gasteiger partial charge in [-0.05, 0) is 30.5 Å². The molecule has 0 saturated carbocycles. The van der Waals surface area contributed by atoms with Gasteiger partial charge in [0.15, 0.2) is 0 Å². The van der Waals surface area contributed by atoms with E-state index in [1.807, 2.05) is 30.5 Å². The van der Waals surface area contributed by atoms with E-state index in [1.54, 1.807) is 30.1 Å². The van der Waals surface area contributed by atoms with Gasteiger partial charge in [-0.15, -0.1) is 11.8 Å². The minimum absolute atomic E-state index is 0.0788. The Balaban J connectivity index is 2.31. The van der Waals surface area contributed by atoms with Crippen molar-refractivity contribution in [3.63, 3.8) is 0 Å². The van der Waals surface area contributed by atoms with Crippen molar-refractivity contribution >= 4 is 11.8 Å². The van der Waals surface area contributed by atoms with Crippen LogP contribution in [-0.2, 0) is 6.61 Å². The molecule has 0 bridgehead atoms. The maximum atomic E-state index is 9.20. The average molecular weight is 247 g/mol. The molecule has 1 aromatic heterocycles. The number of hydrogen-bond acceptors (Lipinski definition) is 4. The highest BCUT2D eigenvalue weighted by Gasteiger charge is 2.07. The molecular formula is C13H13NO2S. The molecule has 4 heteroatoms. The first-order valence-corrected chi connectivity index (χ1v) is 6.43. The Morgan fingerprint density at radius 2 is 2.06 bits per heavy atom. The quantitative estimate of drug-likeness (QED) is 0.843. The number of hydrogen-bond donors (Lipinski definition) is 1. The molecular weight excluding hydrogens is 234 g/mol. The summed E-state index contributed by atoms with van der Waals surface area (Å²) in [7, 11) is 0. The van der Waals surface area contributed by atoms with E-state index >= 15 is 0 Å². The first kappa shape index (κ1) is 12.0. The summed E-state index contributed by atoms with van der Waals surface area (Å²) in [4.78, 5) is 5.17. The van der Waals surface area contributed by atoms with Crippen molar-refractivity contribution in [2.75, 3.05) is 6.26 Å². The van der Waals surface area contributed by atoms with Crippen molar-refractivity contribution in [1.29, 1.82) is 0 Å². The van der Waals surface area contributed by atoms with Gasteiger partial charge in [-0.1, -0.05) is 12.1 Å². The minimum atomic E-state index is -0.0788. The third-order valence-electron chi connectivity index (χ3n) is 2.30. The SMILES string of the molecule is CSc1ccccc1Oc1ncccc1CO. The Morgan fingerprint density at radius 3 is 2.82 bits per heavy atom. The van der Waals surface area contributed by atoms with E-state index in [9.17, 15) is 5.11 Å². The number of para-hydroxylation sites is 1. The molecule has 1 N–H and O–H groups in total. The Labute approximate surface area is 104 Å². The summed E-state index contributed by atoms with van der Waals surface area (Å²) in [5, 5.41) is 9.20. The van der Waals surface area contributed by atoms with E-state index in [0.29, 0.717) is 11.4 Å². The summed E-state index contributed by atoms with van der Waals surface area (Å²) in [5.74, 6) is 1.21. The Kier molecular flexibility index (Phi) is 4.01. The van der Waals surface area contributed by atoms with Crippen LogP contribution < -0.4 is 4.74 Å². The van der Waals surface area contributed by atoms with Crippen molar-refractivity contribution in [1.82, 2.24) is 4.98 Å². The van der Waals surface area contributed by atoms with Crippen molar-refractivity contribution < 1.29 is 9.84 Å². The molecule has 1 heterocycles. The van der Waals surface area contributed by atoms with Crippen LogP contribution in [-0.4, -0.2) is 16.3 Å². The molecule has 0 aliphatic heterocycles. The fourth-order valence-electron chi connectivity index (χ4n) is 1.44. The molecule has 1 aromatic carbocycles. The number of benzene rings is 1. The summed E-state index contributed by atoms with van der Waals surface area (Å²) >= 11 is 1.61. The number of aliphatic hydroxyl groups is 1. The lowest BCUT2D eigenvalue weighted by Crippen LogP contribution is -1.95. The van der Waals surface area contributed by atoms with Gasteiger partial charge in [0.05, 0.1) is 6.61 Å². The molecule has 0 aliphatic carbocycles. The second-order valence-electron chi connectivity index (χ2n) is 3.38. The van der Waals surface area contributed by atoms with Gasteiger partial charge in [-0.25, -0.2) is 4.98 Å². The van der Waals surface area contributed by atoms with Gasteiger partial charge in [0, 0.05) is 16.7 Å². The number of rotatable bonds is 4. The summed E-state index contributed by atoms with van der Waals surface area (Å²) in [5.41, 5.74) is 0.684. The number of nitrogens with zero attached hydrogens (tertiary/aromatic N) is 1. The van der Waals surface area contributed by atoms with Gasteiger partial charge in [-0.2, -0.15) is 0 Å². The van der Waals surface area contributed by atoms with Gasteiger partial charge in [0.1, 0.15) is 5.75 Å². The highest BCUT2D eigenvalue weighted by molar-refractivity contribution is 7.98. The molecule has 0 aliphatic rings. The molecule has 0 unspecified atom stereocenters. The number of thioether (sulfide) groups is 1. The van der Waals surface area contributed by atoms with E-state index in [0.717, 1.165) is 10.6 Å².